The molecular formula is C10H14O. The first kappa shape index (κ1) is 10.2. The molecule has 0 aromatic rings. The van der Waals surface area contributed by atoms with Crippen molar-refractivity contribution in [2.24, 2.45) is 0 Å². The fourth-order valence-corrected chi connectivity index (χ4v) is 0.727. The molecular weight excluding hydrogens is 136 g/mol. The maximum Gasteiger partial charge on any atom is 0.142 e. The Bertz CT molecular complexity index is 171. The fraction of sp³-hybridized carbons (Fsp3) is 0.400. The van der Waals surface area contributed by atoms with Crippen LogP contribution in [0.3, 0.4) is 0 Å². The van der Waals surface area contributed by atoms with Gasteiger partial charge in [0.25, 0.3) is 0 Å². The minimum atomic E-state index is 0.814. The highest BCUT2D eigenvalue weighted by Crippen LogP contribution is 2.04. The smallest absolute Gasteiger partial charge is 0.142 e. The van der Waals surface area contributed by atoms with Crippen molar-refractivity contribution in [1.29, 1.82) is 0 Å². The van der Waals surface area contributed by atoms with Crippen LogP contribution in [0, 0.1) is 6.92 Å². The van der Waals surface area contributed by atoms with Crippen molar-refractivity contribution < 1.29 is 4.79 Å². The Morgan fingerprint density at radius 2 is 2.09 bits per heavy atom. The first-order valence-corrected chi connectivity index (χ1v) is 3.70. The lowest BCUT2D eigenvalue weighted by Gasteiger charge is -1.94. The monoisotopic (exact) mass is 150 g/mol. The molecule has 60 valence electrons. The summed E-state index contributed by atoms with van der Waals surface area (Å²) < 4.78 is 0. The normalized spacial score (nSPS) is 13.4. The summed E-state index contributed by atoms with van der Waals surface area (Å²) in [5, 5.41) is 0. The lowest BCUT2D eigenvalue weighted by Crippen LogP contribution is -1.77. The van der Waals surface area contributed by atoms with E-state index >= 15 is 0 Å². The molecule has 1 heteroatoms. The molecule has 0 spiro atoms. The SMILES string of the molecule is [CH]C(C)=CCC/C(C)=C\C=O. The second-order valence-corrected chi connectivity index (χ2v) is 2.64. The number of hydrogen-bond donors (Lipinski definition) is 0. The van der Waals surface area contributed by atoms with Crippen LogP contribution in [0.2, 0.25) is 0 Å². The molecule has 0 N–H and O–H groups in total. The molecule has 2 radical (unpaired) electrons. The minimum absolute atomic E-state index is 0.814. The Kier molecular flexibility index (Phi) is 5.44. The van der Waals surface area contributed by atoms with Crippen molar-refractivity contribution in [3.8, 4) is 0 Å². The van der Waals surface area contributed by atoms with E-state index in [4.69, 9.17) is 6.92 Å². The van der Waals surface area contributed by atoms with E-state index in [1.807, 2.05) is 19.9 Å². The Balaban J connectivity index is 3.63. The molecule has 0 aliphatic carbocycles. The zero-order chi connectivity index (χ0) is 8.69. The highest BCUT2D eigenvalue weighted by Gasteiger charge is 1.86. The van der Waals surface area contributed by atoms with Crippen LogP contribution in [0.25, 0.3) is 0 Å². The van der Waals surface area contributed by atoms with Crippen LogP contribution in [-0.2, 0) is 4.79 Å². The van der Waals surface area contributed by atoms with Gasteiger partial charge in [0.15, 0.2) is 0 Å². The van der Waals surface area contributed by atoms with E-state index in [1.54, 1.807) is 6.08 Å². The van der Waals surface area contributed by atoms with Crippen LogP contribution >= 0.6 is 0 Å². The van der Waals surface area contributed by atoms with Gasteiger partial charge in [0, 0.05) is 0 Å². The van der Waals surface area contributed by atoms with Gasteiger partial charge in [-0.2, -0.15) is 0 Å². The third-order valence-corrected chi connectivity index (χ3v) is 1.36. The van der Waals surface area contributed by atoms with Gasteiger partial charge in [-0.05, 0) is 39.7 Å². The molecule has 0 fully saturated rings. The van der Waals surface area contributed by atoms with Crippen LogP contribution in [0.5, 0.6) is 0 Å². The molecule has 0 amide bonds. The molecule has 0 aromatic carbocycles. The van der Waals surface area contributed by atoms with E-state index in [9.17, 15) is 4.79 Å². The standard InChI is InChI=1S/C10H14O/c1-9(2)5-4-6-10(3)7-8-11/h1,5,7-8H,4,6H2,2-3H3/b9-5?,10-7-. The van der Waals surface area contributed by atoms with Gasteiger partial charge in [-0.3, -0.25) is 4.79 Å². The largest absolute Gasteiger partial charge is 0.299 e. The molecule has 0 atom stereocenters. The third kappa shape index (κ3) is 7.04. The number of carbonyl (C=O) groups is 1. The van der Waals surface area contributed by atoms with Gasteiger partial charge < -0.3 is 0 Å². The molecule has 11 heavy (non-hydrogen) atoms. The van der Waals surface area contributed by atoms with Gasteiger partial charge in [0.1, 0.15) is 6.29 Å². The first-order valence-electron chi connectivity index (χ1n) is 3.70. The van der Waals surface area contributed by atoms with Gasteiger partial charge in [-0.1, -0.05) is 17.2 Å². The highest BCUT2D eigenvalue weighted by atomic mass is 16.1. The summed E-state index contributed by atoms with van der Waals surface area (Å²) in [6, 6.07) is 0. The van der Waals surface area contributed by atoms with E-state index < -0.39 is 0 Å². The molecule has 0 heterocycles. The maximum atomic E-state index is 10.00. The molecule has 0 aliphatic rings. The number of aldehydes is 1. The molecule has 0 aliphatic heterocycles. The maximum absolute atomic E-state index is 10.00. The van der Waals surface area contributed by atoms with Gasteiger partial charge >= 0.3 is 0 Å². The van der Waals surface area contributed by atoms with Gasteiger partial charge in [-0.15, -0.1) is 0 Å². The summed E-state index contributed by atoms with van der Waals surface area (Å²) in [5.41, 5.74) is 1.93. The van der Waals surface area contributed by atoms with Crippen LogP contribution < -0.4 is 0 Å². The Morgan fingerprint density at radius 1 is 1.45 bits per heavy atom. The lowest BCUT2D eigenvalue weighted by molar-refractivity contribution is -0.104. The predicted octanol–water partition coefficient (Wildman–Crippen LogP) is 2.57. The molecule has 1 nitrogen and oxygen atoms in total. The average Bonchev–Trinajstić information content (AvgIpc) is 1.87. The van der Waals surface area contributed by atoms with E-state index in [0.717, 1.165) is 30.3 Å². The zero-order valence-corrected chi connectivity index (χ0v) is 7.13. The molecule has 0 saturated heterocycles. The summed E-state index contributed by atoms with van der Waals surface area (Å²) in [6.45, 7) is 9.22. The summed E-state index contributed by atoms with van der Waals surface area (Å²) >= 11 is 0. The van der Waals surface area contributed by atoms with Crippen molar-refractivity contribution >= 4 is 6.29 Å². The van der Waals surface area contributed by atoms with Crippen LogP contribution in [-0.4, -0.2) is 6.29 Å². The summed E-state index contributed by atoms with van der Waals surface area (Å²) in [4.78, 5) is 10.00. The second-order valence-electron chi connectivity index (χ2n) is 2.64. The predicted molar refractivity (Wildman–Crippen MR) is 47.1 cm³/mol. The quantitative estimate of drug-likeness (QED) is 0.444. The van der Waals surface area contributed by atoms with E-state index in [2.05, 4.69) is 0 Å². The second kappa shape index (κ2) is 5.90. The van der Waals surface area contributed by atoms with E-state index in [1.165, 1.54) is 0 Å². The van der Waals surface area contributed by atoms with Gasteiger partial charge in [0.05, 0.1) is 0 Å². The third-order valence-electron chi connectivity index (χ3n) is 1.36. The summed E-state index contributed by atoms with van der Waals surface area (Å²) in [6.07, 6.45) is 6.18. The van der Waals surface area contributed by atoms with Crippen molar-refractivity contribution in [1.82, 2.24) is 0 Å². The minimum Gasteiger partial charge on any atom is -0.299 e. The number of allylic oxidation sites excluding steroid dienone is 4. The molecule has 0 rings (SSSR count). The number of rotatable bonds is 4. The van der Waals surface area contributed by atoms with Crippen LogP contribution in [0.4, 0.5) is 0 Å². The summed E-state index contributed by atoms with van der Waals surface area (Å²) in [5.74, 6) is 0. The molecule has 0 aromatic heterocycles. The van der Waals surface area contributed by atoms with Crippen LogP contribution in [0.15, 0.2) is 23.3 Å². The van der Waals surface area contributed by atoms with Crippen molar-refractivity contribution in [2.75, 3.05) is 0 Å². The van der Waals surface area contributed by atoms with Crippen molar-refractivity contribution in [3.05, 3.63) is 30.2 Å². The Labute approximate surface area is 68.8 Å². The fourth-order valence-electron chi connectivity index (χ4n) is 0.727. The number of hydrogen-bond acceptors (Lipinski definition) is 1. The Hall–Kier alpha value is -0.850. The highest BCUT2D eigenvalue weighted by molar-refractivity contribution is 5.65. The van der Waals surface area contributed by atoms with Crippen LogP contribution in [0.1, 0.15) is 26.7 Å². The Morgan fingerprint density at radius 3 is 2.55 bits per heavy atom. The molecule has 0 saturated carbocycles. The zero-order valence-electron chi connectivity index (χ0n) is 7.13. The lowest BCUT2D eigenvalue weighted by atomic mass is 10.1. The average molecular weight is 150 g/mol. The molecule has 0 bridgehead atoms. The van der Waals surface area contributed by atoms with Crippen molar-refractivity contribution in [3.63, 3.8) is 0 Å². The molecule has 0 unspecified atom stereocenters. The number of carbonyl (C=O) groups excluding carboxylic acids is 1. The van der Waals surface area contributed by atoms with Gasteiger partial charge in [-0.25, -0.2) is 0 Å². The van der Waals surface area contributed by atoms with Crippen molar-refractivity contribution in [2.45, 2.75) is 26.7 Å². The van der Waals surface area contributed by atoms with E-state index in [-0.39, 0.29) is 0 Å². The topological polar surface area (TPSA) is 17.1 Å². The van der Waals surface area contributed by atoms with Gasteiger partial charge in [0.2, 0.25) is 0 Å². The summed E-state index contributed by atoms with van der Waals surface area (Å²) in [7, 11) is 0. The van der Waals surface area contributed by atoms with E-state index in [0.29, 0.717) is 0 Å². The first-order chi connectivity index (χ1) is 5.16.